The molecule has 0 amide bonds. The second-order valence-corrected chi connectivity index (χ2v) is 2.38. The molecule has 1 atom stereocenters. The highest BCUT2D eigenvalue weighted by molar-refractivity contribution is 6.18. The standard InChI is InChI=1S/C4H11N.C3H5ClO/c1-3-5-4-2;4-1-3-2-5-3/h5H,3-4H2,1-2H3;3H,1-2H2. The minimum absolute atomic E-state index is 0.400. The number of nitrogens with one attached hydrogen (secondary N) is 1. The van der Waals surface area contributed by atoms with Crippen LogP contribution in [0.25, 0.3) is 0 Å². The van der Waals surface area contributed by atoms with Crippen LogP contribution in [0.3, 0.4) is 0 Å². The molecule has 0 bridgehead atoms. The molecule has 10 heavy (non-hydrogen) atoms. The first-order valence-electron chi connectivity index (χ1n) is 3.73. The van der Waals surface area contributed by atoms with Crippen LogP contribution < -0.4 is 5.32 Å². The van der Waals surface area contributed by atoms with Crippen LogP contribution in [0.15, 0.2) is 0 Å². The molecule has 1 aliphatic rings. The Morgan fingerprint density at radius 3 is 2.00 bits per heavy atom. The van der Waals surface area contributed by atoms with Crippen molar-refractivity contribution in [2.75, 3.05) is 25.6 Å². The van der Waals surface area contributed by atoms with E-state index in [4.69, 9.17) is 16.3 Å². The van der Waals surface area contributed by atoms with Gasteiger partial charge in [-0.1, -0.05) is 13.8 Å². The van der Waals surface area contributed by atoms with Crippen LogP contribution in [-0.2, 0) is 4.74 Å². The number of epoxide rings is 1. The largest absolute Gasteiger partial charge is 0.372 e. The number of rotatable bonds is 3. The summed E-state index contributed by atoms with van der Waals surface area (Å²) in [7, 11) is 0. The van der Waals surface area contributed by atoms with Crippen molar-refractivity contribution < 1.29 is 4.74 Å². The van der Waals surface area contributed by atoms with Gasteiger partial charge in [0.2, 0.25) is 0 Å². The highest BCUT2D eigenvalue weighted by Gasteiger charge is 2.19. The summed E-state index contributed by atoms with van der Waals surface area (Å²) in [6, 6.07) is 0. The summed E-state index contributed by atoms with van der Waals surface area (Å²) < 4.78 is 4.73. The van der Waals surface area contributed by atoms with E-state index in [1.54, 1.807) is 0 Å². The molecule has 0 spiro atoms. The molecule has 1 N–H and O–H groups in total. The average Bonchev–Trinajstić information content (AvgIpc) is 2.72. The lowest BCUT2D eigenvalue weighted by molar-refractivity contribution is 0.425. The Kier molecular flexibility index (Phi) is 7.47. The Labute approximate surface area is 67.9 Å². The molecule has 1 rings (SSSR count). The zero-order valence-corrected chi connectivity index (χ0v) is 7.45. The molecule has 2 nitrogen and oxygen atoms in total. The fraction of sp³-hybridized carbons (Fsp3) is 1.00. The van der Waals surface area contributed by atoms with Crippen LogP contribution in [0.4, 0.5) is 0 Å². The van der Waals surface area contributed by atoms with Crippen molar-refractivity contribution in [1.82, 2.24) is 5.32 Å². The summed E-state index contributed by atoms with van der Waals surface area (Å²) in [5, 5.41) is 3.11. The second-order valence-electron chi connectivity index (χ2n) is 2.07. The highest BCUT2D eigenvalue weighted by Crippen LogP contribution is 2.08. The Morgan fingerprint density at radius 2 is 2.00 bits per heavy atom. The Balaban J connectivity index is 0.000000162. The third kappa shape index (κ3) is 8.21. The Morgan fingerprint density at radius 1 is 1.50 bits per heavy atom. The first-order valence-corrected chi connectivity index (χ1v) is 4.26. The molecule has 0 aromatic rings. The summed E-state index contributed by atoms with van der Waals surface area (Å²) in [6.45, 7) is 7.27. The van der Waals surface area contributed by atoms with Gasteiger partial charge in [0.15, 0.2) is 0 Å². The number of ether oxygens (including phenoxy) is 1. The van der Waals surface area contributed by atoms with Gasteiger partial charge in [-0.15, -0.1) is 11.6 Å². The van der Waals surface area contributed by atoms with Gasteiger partial charge in [0, 0.05) is 0 Å². The van der Waals surface area contributed by atoms with E-state index >= 15 is 0 Å². The lowest BCUT2D eigenvalue weighted by atomic mass is 10.6. The molecule has 1 saturated heterocycles. The van der Waals surface area contributed by atoms with Gasteiger partial charge >= 0.3 is 0 Å². The molecule has 0 aromatic carbocycles. The van der Waals surface area contributed by atoms with Crippen LogP contribution in [0, 0.1) is 0 Å². The lowest BCUT2D eigenvalue weighted by Gasteiger charge is -1.86. The van der Waals surface area contributed by atoms with Gasteiger partial charge in [-0.05, 0) is 13.1 Å². The summed E-state index contributed by atoms with van der Waals surface area (Å²) in [6.07, 6.45) is 0.400. The van der Waals surface area contributed by atoms with Crippen molar-refractivity contribution >= 4 is 11.6 Å². The van der Waals surface area contributed by atoms with E-state index in [2.05, 4.69) is 19.2 Å². The topological polar surface area (TPSA) is 24.6 Å². The molecule has 62 valence electrons. The molecule has 1 aliphatic heterocycles. The fourth-order valence-corrected chi connectivity index (χ4v) is 0.585. The van der Waals surface area contributed by atoms with Crippen LogP contribution in [0.2, 0.25) is 0 Å². The predicted molar refractivity (Wildman–Crippen MR) is 44.7 cm³/mol. The van der Waals surface area contributed by atoms with Gasteiger partial charge in [-0.3, -0.25) is 0 Å². The third-order valence-corrected chi connectivity index (χ3v) is 1.42. The number of hydrogen-bond acceptors (Lipinski definition) is 2. The molecular formula is C7H16ClNO. The van der Waals surface area contributed by atoms with Gasteiger partial charge in [-0.25, -0.2) is 0 Å². The van der Waals surface area contributed by atoms with Gasteiger partial charge in [0.25, 0.3) is 0 Å². The molecule has 1 fully saturated rings. The SMILES string of the molecule is CCNCC.ClCC1CO1. The molecule has 0 aromatic heterocycles. The zero-order chi connectivity index (χ0) is 7.82. The van der Waals surface area contributed by atoms with Crippen molar-refractivity contribution in [3.63, 3.8) is 0 Å². The molecule has 0 radical (unpaired) electrons. The van der Waals surface area contributed by atoms with Crippen LogP contribution in [0.1, 0.15) is 13.8 Å². The summed E-state index contributed by atoms with van der Waals surface area (Å²) >= 11 is 5.27. The van der Waals surface area contributed by atoms with Crippen LogP contribution in [0.5, 0.6) is 0 Å². The molecule has 0 aliphatic carbocycles. The third-order valence-electron chi connectivity index (χ3n) is 1.07. The summed E-state index contributed by atoms with van der Waals surface area (Å²) in [5.74, 6) is 0.667. The number of halogens is 1. The van der Waals surface area contributed by atoms with Crippen molar-refractivity contribution in [2.45, 2.75) is 20.0 Å². The Hall–Kier alpha value is 0.210. The van der Waals surface area contributed by atoms with Crippen molar-refractivity contribution in [2.24, 2.45) is 0 Å². The van der Waals surface area contributed by atoms with Crippen LogP contribution >= 0.6 is 11.6 Å². The quantitative estimate of drug-likeness (QED) is 0.503. The zero-order valence-electron chi connectivity index (χ0n) is 6.69. The molecule has 1 unspecified atom stereocenters. The van der Waals surface area contributed by atoms with E-state index in [0.717, 1.165) is 19.7 Å². The first kappa shape index (κ1) is 10.2. The smallest absolute Gasteiger partial charge is 0.0944 e. The summed E-state index contributed by atoms with van der Waals surface area (Å²) in [5.41, 5.74) is 0. The lowest BCUT2D eigenvalue weighted by Crippen LogP contribution is -2.09. The minimum atomic E-state index is 0.400. The predicted octanol–water partition coefficient (Wildman–Crippen LogP) is 1.24. The van der Waals surface area contributed by atoms with E-state index < -0.39 is 0 Å². The van der Waals surface area contributed by atoms with E-state index in [1.165, 1.54) is 0 Å². The van der Waals surface area contributed by atoms with Crippen molar-refractivity contribution in [3.05, 3.63) is 0 Å². The van der Waals surface area contributed by atoms with E-state index in [0.29, 0.717) is 12.0 Å². The monoisotopic (exact) mass is 165 g/mol. The summed E-state index contributed by atoms with van der Waals surface area (Å²) in [4.78, 5) is 0. The molecule has 0 saturated carbocycles. The van der Waals surface area contributed by atoms with Gasteiger partial charge < -0.3 is 10.1 Å². The van der Waals surface area contributed by atoms with Gasteiger partial charge in [0.1, 0.15) is 0 Å². The fourth-order valence-electron chi connectivity index (χ4n) is 0.407. The maximum atomic E-state index is 5.27. The average molecular weight is 166 g/mol. The van der Waals surface area contributed by atoms with E-state index in [-0.39, 0.29) is 0 Å². The van der Waals surface area contributed by atoms with Gasteiger partial charge in [-0.2, -0.15) is 0 Å². The highest BCUT2D eigenvalue weighted by atomic mass is 35.5. The Bertz CT molecular complexity index is 64.6. The van der Waals surface area contributed by atoms with E-state index in [9.17, 15) is 0 Å². The van der Waals surface area contributed by atoms with Crippen molar-refractivity contribution in [3.8, 4) is 0 Å². The van der Waals surface area contributed by atoms with E-state index in [1.807, 2.05) is 0 Å². The molecular weight excluding hydrogens is 150 g/mol. The maximum absolute atomic E-state index is 5.27. The van der Waals surface area contributed by atoms with Gasteiger partial charge in [0.05, 0.1) is 18.6 Å². The normalized spacial score (nSPS) is 21.3. The second kappa shape index (κ2) is 7.32. The molecule has 1 heterocycles. The number of hydrogen-bond donors (Lipinski definition) is 1. The molecule has 3 heteroatoms. The first-order chi connectivity index (χ1) is 4.85. The number of alkyl halides is 1. The van der Waals surface area contributed by atoms with Crippen molar-refractivity contribution in [1.29, 1.82) is 0 Å². The van der Waals surface area contributed by atoms with Crippen LogP contribution in [-0.4, -0.2) is 31.7 Å². The minimum Gasteiger partial charge on any atom is -0.372 e. The maximum Gasteiger partial charge on any atom is 0.0944 e.